The van der Waals surface area contributed by atoms with Crippen molar-refractivity contribution in [1.82, 2.24) is 5.32 Å². The van der Waals surface area contributed by atoms with Crippen molar-refractivity contribution in [2.24, 2.45) is 11.3 Å². The van der Waals surface area contributed by atoms with Crippen LogP contribution in [0.2, 0.25) is 0 Å². The van der Waals surface area contributed by atoms with Crippen LogP contribution in [0.25, 0.3) is 0 Å². The van der Waals surface area contributed by atoms with Crippen molar-refractivity contribution >= 4 is 11.3 Å². The SMILES string of the molecule is CC(C)CNCc1ccc(COCCC(C)(C)C)s1. The lowest BCUT2D eigenvalue weighted by molar-refractivity contribution is 0.0980. The van der Waals surface area contributed by atoms with Gasteiger partial charge in [0.1, 0.15) is 0 Å². The van der Waals surface area contributed by atoms with E-state index in [4.69, 9.17) is 4.74 Å². The molecular formula is C16H29NOS. The van der Waals surface area contributed by atoms with Gasteiger partial charge < -0.3 is 10.1 Å². The van der Waals surface area contributed by atoms with Gasteiger partial charge in [0, 0.05) is 22.9 Å². The van der Waals surface area contributed by atoms with Gasteiger partial charge in [0.2, 0.25) is 0 Å². The maximum atomic E-state index is 5.74. The molecule has 2 nitrogen and oxygen atoms in total. The number of nitrogens with one attached hydrogen (secondary N) is 1. The van der Waals surface area contributed by atoms with Crippen molar-refractivity contribution < 1.29 is 4.74 Å². The Morgan fingerprint density at radius 1 is 1.21 bits per heavy atom. The molecule has 0 saturated carbocycles. The predicted molar refractivity (Wildman–Crippen MR) is 84.6 cm³/mol. The summed E-state index contributed by atoms with van der Waals surface area (Å²) in [7, 11) is 0. The van der Waals surface area contributed by atoms with Crippen LogP contribution in [0.4, 0.5) is 0 Å². The molecule has 0 atom stereocenters. The monoisotopic (exact) mass is 283 g/mol. The average molecular weight is 283 g/mol. The molecule has 1 heterocycles. The molecule has 3 heteroatoms. The fourth-order valence-corrected chi connectivity index (χ4v) is 2.56. The molecule has 0 aliphatic carbocycles. The minimum atomic E-state index is 0.362. The molecule has 1 N–H and O–H groups in total. The summed E-state index contributed by atoms with van der Waals surface area (Å²) in [5, 5.41) is 3.47. The van der Waals surface area contributed by atoms with Crippen LogP contribution in [0, 0.1) is 11.3 Å². The molecule has 1 aromatic heterocycles. The highest BCUT2D eigenvalue weighted by Gasteiger charge is 2.09. The second-order valence-electron chi connectivity index (χ2n) is 6.76. The molecule has 110 valence electrons. The second kappa shape index (κ2) is 8.03. The highest BCUT2D eigenvalue weighted by atomic mass is 32.1. The van der Waals surface area contributed by atoms with Gasteiger partial charge in [-0.25, -0.2) is 0 Å². The fourth-order valence-electron chi connectivity index (χ4n) is 1.63. The van der Waals surface area contributed by atoms with Crippen LogP contribution in [-0.2, 0) is 17.9 Å². The predicted octanol–water partition coefficient (Wildman–Crippen LogP) is 4.45. The molecule has 0 bridgehead atoms. The van der Waals surface area contributed by atoms with Gasteiger partial charge in [-0.05, 0) is 36.4 Å². The van der Waals surface area contributed by atoms with E-state index in [1.807, 2.05) is 11.3 Å². The van der Waals surface area contributed by atoms with Crippen molar-refractivity contribution in [1.29, 1.82) is 0 Å². The third-order valence-electron chi connectivity index (χ3n) is 2.81. The first-order valence-electron chi connectivity index (χ1n) is 7.23. The molecule has 1 rings (SSSR count). The van der Waals surface area contributed by atoms with Crippen molar-refractivity contribution in [2.45, 2.75) is 54.2 Å². The normalized spacial score (nSPS) is 12.3. The van der Waals surface area contributed by atoms with Gasteiger partial charge in [0.05, 0.1) is 6.61 Å². The lowest BCUT2D eigenvalue weighted by Gasteiger charge is -2.17. The van der Waals surface area contributed by atoms with Crippen LogP contribution >= 0.6 is 11.3 Å². The van der Waals surface area contributed by atoms with Gasteiger partial charge in [0.25, 0.3) is 0 Å². The summed E-state index contributed by atoms with van der Waals surface area (Å²) in [6.07, 6.45) is 1.11. The Balaban J connectivity index is 2.19. The average Bonchev–Trinajstić information content (AvgIpc) is 2.71. The molecule has 0 fully saturated rings. The standard InChI is InChI=1S/C16H29NOS/c1-13(2)10-17-11-14-6-7-15(19-14)12-18-9-8-16(3,4)5/h6-7,13,17H,8-12H2,1-5H3. The maximum absolute atomic E-state index is 5.74. The summed E-state index contributed by atoms with van der Waals surface area (Å²) in [4.78, 5) is 2.73. The molecule has 0 aliphatic heterocycles. The molecule has 0 amide bonds. The summed E-state index contributed by atoms with van der Waals surface area (Å²) in [5.41, 5.74) is 0.362. The summed E-state index contributed by atoms with van der Waals surface area (Å²) in [6, 6.07) is 4.40. The zero-order chi connectivity index (χ0) is 14.3. The van der Waals surface area contributed by atoms with E-state index in [1.54, 1.807) is 0 Å². The second-order valence-corrected chi connectivity index (χ2v) is 8.01. The fraction of sp³-hybridized carbons (Fsp3) is 0.750. The highest BCUT2D eigenvalue weighted by Crippen LogP contribution is 2.20. The minimum absolute atomic E-state index is 0.362. The van der Waals surface area contributed by atoms with E-state index in [9.17, 15) is 0 Å². The van der Waals surface area contributed by atoms with E-state index in [0.717, 1.165) is 32.7 Å². The Morgan fingerprint density at radius 2 is 1.89 bits per heavy atom. The number of hydrogen-bond donors (Lipinski definition) is 1. The molecule has 0 spiro atoms. The quantitative estimate of drug-likeness (QED) is 0.712. The lowest BCUT2D eigenvalue weighted by atomic mass is 9.93. The number of thiophene rings is 1. The summed E-state index contributed by atoms with van der Waals surface area (Å²) in [6.45, 7) is 14.9. The lowest BCUT2D eigenvalue weighted by Crippen LogP contribution is -2.18. The third kappa shape index (κ3) is 8.40. The smallest absolute Gasteiger partial charge is 0.0809 e. The van der Waals surface area contributed by atoms with Gasteiger partial charge in [-0.3, -0.25) is 0 Å². The number of hydrogen-bond acceptors (Lipinski definition) is 3. The summed E-state index contributed by atoms with van der Waals surface area (Å²) in [5.74, 6) is 0.708. The van der Waals surface area contributed by atoms with Crippen molar-refractivity contribution in [3.8, 4) is 0 Å². The Labute approximate surface area is 122 Å². The first kappa shape index (κ1) is 16.7. The maximum Gasteiger partial charge on any atom is 0.0809 e. The molecule has 0 radical (unpaired) electrons. The van der Waals surface area contributed by atoms with Crippen LogP contribution in [0.5, 0.6) is 0 Å². The molecule has 0 aromatic carbocycles. The van der Waals surface area contributed by atoms with Gasteiger partial charge in [-0.1, -0.05) is 34.6 Å². The molecule has 1 aromatic rings. The molecular weight excluding hydrogens is 254 g/mol. The van der Waals surface area contributed by atoms with Crippen molar-refractivity contribution in [3.63, 3.8) is 0 Å². The Bertz CT molecular complexity index is 352. The van der Waals surface area contributed by atoms with E-state index in [1.165, 1.54) is 9.75 Å². The van der Waals surface area contributed by atoms with Gasteiger partial charge in [-0.2, -0.15) is 0 Å². The highest BCUT2D eigenvalue weighted by molar-refractivity contribution is 7.11. The molecule has 19 heavy (non-hydrogen) atoms. The zero-order valence-corrected chi connectivity index (χ0v) is 13.9. The van der Waals surface area contributed by atoms with Crippen molar-refractivity contribution in [3.05, 3.63) is 21.9 Å². The largest absolute Gasteiger partial charge is 0.376 e. The Hall–Kier alpha value is -0.380. The van der Waals surface area contributed by atoms with E-state index < -0.39 is 0 Å². The van der Waals surface area contributed by atoms with E-state index in [0.29, 0.717) is 11.3 Å². The minimum Gasteiger partial charge on any atom is -0.376 e. The first-order valence-corrected chi connectivity index (χ1v) is 8.04. The summed E-state index contributed by atoms with van der Waals surface area (Å²) < 4.78 is 5.74. The summed E-state index contributed by atoms with van der Waals surface area (Å²) >= 11 is 1.85. The van der Waals surface area contributed by atoms with Gasteiger partial charge in [0.15, 0.2) is 0 Å². The van der Waals surface area contributed by atoms with Crippen LogP contribution in [0.1, 0.15) is 50.8 Å². The Morgan fingerprint density at radius 3 is 2.53 bits per heavy atom. The van der Waals surface area contributed by atoms with Crippen LogP contribution in [0.15, 0.2) is 12.1 Å². The Kier molecular flexibility index (Phi) is 7.05. The number of rotatable bonds is 8. The van der Waals surface area contributed by atoms with Crippen LogP contribution in [0.3, 0.4) is 0 Å². The number of ether oxygens (including phenoxy) is 1. The van der Waals surface area contributed by atoms with Crippen LogP contribution < -0.4 is 5.32 Å². The van der Waals surface area contributed by atoms with Gasteiger partial charge >= 0.3 is 0 Å². The molecule has 0 unspecified atom stereocenters. The first-order chi connectivity index (χ1) is 8.87. The molecule has 0 aliphatic rings. The van der Waals surface area contributed by atoms with E-state index in [-0.39, 0.29) is 0 Å². The topological polar surface area (TPSA) is 21.3 Å². The zero-order valence-electron chi connectivity index (χ0n) is 13.1. The van der Waals surface area contributed by atoms with E-state index >= 15 is 0 Å². The van der Waals surface area contributed by atoms with Crippen molar-refractivity contribution in [2.75, 3.05) is 13.2 Å². The third-order valence-corrected chi connectivity index (χ3v) is 3.87. The van der Waals surface area contributed by atoms with E-state index in [2.05, 4.69) is 52.1 Å². The van der Waals surface area contributed by atoms with Gasteiger partial charge in [-0.15, -0.1) is 11.3 Å². The molecule has 0 saturated heterocycles. The van der Waals surface area contributed by atoms with Crippen LogP contribution in [-0.4, -0.2) is 13.2 Å².